The van der Waals surface area contributed by atoms with E-state index in [0.717, 1.165) is 15.2 Å². The van der Waals surface area contributed by atoms with Crippen molar-refractivity contribution >= 4 is 16.7 Å². The molecule has 0 aliphatic carbocycles. The van der Waals surface area contributed by atoms with Gasteiger partial charge in [-0.2, -0.15) is 8.78 Å². The predicted octanol–water partition coefficient (Wildman–Crippen LogP) is 2.07. The topological polar surface area (TPSA) is 66.0 Å². The Labute approximate surface area is 150 Å². The molecule has 1 aromatic carbocycles. The van der Waals surface area contributed by atoms with Gasteiger partial charge in [0.1, 0.15) is 11.5 Å². The van der Waals surface area contributed by atoms with Gasteiger partial charge in [-0.15, -0.1) is 0 Å². The third-order valence-corrected chi connectivity index (χ3v) is 4.96. The van der Waals surface area contributed by atoms with Crippen LogP contribution in [0.2, 0.25) is 0 Å². The third kappa shape index (κ3) is 2.23. The van der Waals surface area contributed by atoms with Crippen LogP contribution in [-0.4, -0.2) is 25.4 Å². The second-order valence-electron chi connectivity index (χ2n) is 6.57. The fourth-order valence-electron chi connectivity index (χ4n) is 3.64. The Morgan fingerprint density at radius 2 is 1.74 bits per heavy atom. The van der Waals surface area contributed by atoms with Crippen molar-refractivity contribution in [2.24, 2.45) is 14.1 Å². The number of rotatable bonds is 1. The van der Waals surface area contributed by atoms with Crippen molar-refractivity contribution in [3.8, 4) is 11.3 Å². The van der Waals surface area contributed by atoms with Crippen molar-refractivity contribution in [3.63, 3.8) is 0 Å². The number of alkyl halides is 2. The first-order chi connectivity index (χ1) is 12.6. The van der Waals surface area contributed by atoms with Gasteiger partial charge in [0.2, 0.25) is 5.78 Å². The molecule has 0 radical (unpaired) electrons. The van der Waals surface area contributed by atoms with Crippen LogP contribution in [0.1, 0.15) is 16.9 Å². The molecule has 1 aliphatic heterocycles. The van der Waals surface area contributed by atoms with E-state index in [9.17, 15) is 27.6 Å². The van der Waals surface area contributed by atoms with Gasteiger partial charge < -0.3 is 4.57 Å². The molecule has 0 bridgehead atoms. The van der Waals surface area contributed by atoms with Gasteiger partial charge in [0.05, 0.1) is 16.6 Å². The lowest BCUT2D eigenvalue weighted by Crippen LogP contribution is -2.39. The summed E-state index contributed by atoms with van der Waals surface area (Å²) in [6, 6.07) is 5.30. The summed E-state index contributed by atoms with van der Waals surface area (Å²) in [5, 5.41) is -0.0637. The number of carbonyl (C=O) groups is 1. The quantitative estimate of drug-likeness (QED) is 0.652. The molecular weight excluding hydrogens is 363 g/mol. The fourth-order valence-corrected chi connectivity index (χ4v) is 3.64. The van der Waals surface area contributed by atoms with Crippen LogP contribution in [-0.2, 0) is 20.6 Å². The van der Waals surface area contributed by atoms with Crippen LogP contribution in [0.25, 0.3) is 22.2 Å². The van der Waals surface area contributed by atoms with Gasteiger partial charge in [0.15, 0.2) is 0 Å². The van der Waals surface area contributed by atoms with Gasteiger partial charge in [-0.05, 0) is 12.1 Å². The standard InChI is InChI=1S/C18H14F3N3O3/c1-22-13-11(16(26)23(2)17(22)27)12(9-4-3-5-10(19)8-9)24-7-6-18(20,21)15(25)14(13)24/h3-5,8H,6-7H2,1-2H3. The van der Waals surface area contributed by atoms with E-state index in [1.165, 1.54) is 36.9 Å². The molecule has 140 valence electrons. The first-order valence-electron chi connectivity index (χ1n) is 8.16. The van der Waals surface area contributed by atoms with Crippen LogP contribution in [0.15, 0.2) is 33.9 Å². The largest absolute Gasteiger partial charge is 0.335 e. The van der Waals surface area contributed by atoms with E-state index in [0.29, 0.717) is 0 Å². The molecule has 3 heterocycles. The van der Waals surface area contributed by atoms with E-state index in [1.807, 2.05) is 0 Å². The van der Waals surface area contributed by atoms with Gasteiger partial charge in [0.25, 0.3) is 5.56 Å². The zero-order chi connectivity index (χ0) is 19.7. The van der Waals surface area contributed by atoms with Crippen LogP contribution in [0.5, 0.6) is 0 Å². The van der Waals surface area contributed by atoms with E-state index < -0.39 is 40.9 Å². The van der Waals surface area contributed by atoms with Crippen molar-refractivity contribution < 1.29 is 18.0 Å². The Hall–Kier alpha value is -3.10. The van der Waals surface area contributed by atoms with Gasteiger partial charge in [-0.25, -0.2) is 9.18 Å². The van der Waals surface area contributed by atoms with E-state index in [4.69, 9.17) is 0 Å². The average Bonchev–Trinajstić information content (AvgIpc) is 2.97. The number of carbonyl (C=O) groups excluding carboxylic acids is 1. The third-order valence-electron chi connectivity index (χ3n) is 4.96. The molecule has 9 heteroatoms. The molecule has 0 unspecified atom stereocenters. The number of ketones is 1. The van der Waals surface area contributed by atoms with Crippen LogP contribution in [0, 0.1) is 5.82 Å². The van der Waals surface area contributed by atoms with E-state index >= 15 is 0 Å². The highest BCUT2D eigenvalue weighted by Crippen LogP contribution is 2.39. The molecule has 6 nitrogen and oxygen atoms in total. The summed E-state index contributed by atoms with van der Waals surface area (Å²) < 4.78 is 45.1. The van der Waals surface area contributed by atoms with Gasteiger partial charge in [-0.1, -0.05) is 12.1 Å². The van der Waals surface area contributed by atoms with Crippen LogP contribution in [0.3, 0.4) is 0 Å². The summed E-state index contributed by atoms with van der Waals surface area (Å²) in [6.07, 6.45) is -0.740. The van der Waals surface area contributed by atoms with E-state index in [1.54, 1.807) is 0 Å². The summed E-state index contributed by atoms with van der Waals surface area (Å²) in [5.41, 5.74) is -1.62. The molecule has 0 N–H and O–H groups in total. The number of aryl methyl sites for hydroxylation is 1. The molecule has 0 saturated heterocycles. The molecule has 0 amide bonds. The molecule has 0 saturated carbocycles. The second-order valence-corrected chi connectivity index (χ2v) is 6.57. The van der Waals surface area contributed by atoms with Crippen molar-refractivity contribution in [2.45, 2.75) is 18.9 Å². The van der Waals surface area contributed by atoms with Crippen LogP contribution in [0.4, 0.5) is 13.2 Å². The monoisotopic (exact) mass is 377 g/mol. The molecule has 0 fully saturated rings. The van der Waals surface area contributed by atoms with Crippen LogP contribution >= 0.6 is 0 Å². The summed E-state index contributed by atoms with van der Waals surface area (Å²) in [6.45, 7) is -0.244. The van der Waals surface area contributed by atoms with Crippen LogP contribution < -0.4 is 11.2 Å². The van der Waals surface area contributed by atoms with Crippen molar-refractivity contribution in [1.82, 2.24) is 13.7 Å². The molecule has 1 aliphatic rings. The van der Waals surface area contributed by atoms with Crippen molar-refractivity contribution in [3.05, 3.63) is 56.6 Å². The molecule has 2 aromatic heterocycles. The summed E-state index contributed by atoms with van der Waals surface area (Å²) in [7, 11) is 2.56. The maximum Gasteiger partial charge on any atom is 0.331 e. The number of nitrogens with zero attached hydrogens (tertiary/aromatic N) is 3. The maximum absolute atomic E-state index is 14.1. The maximum atomic E-state index is 14.1. The Kier molecular flexibility index (Phi) is 3.49. The van der Waals surface area contributed by atoms with Gasteiger partial charge in [-0.3, -0.25) is 18.7 Å². The lowest BCUT2D eigenvalue weighted by Gasteiger charge is -2.24. The fraction of sp³-hybridized carbons (Fsp3) is 0.278. The predicted molar refractivity (Wildman–Crippen MR) is 91.7 cm³/mol. The molecule has 4 rings (SSSR count). The number of Topliss-reactive ketones (excluding diaryl/α,β-unsaturated/α-hetero) is 1. The average molecular weight is 377 g/mol. The number of aromatic nitrogens is 3. The van der Waals surface area contributed by atoms with Gasteiger partial charge in [0, 0.05) is 32.6 Å². The highest BCUT2D eigenvalue weighted by molar-refractivity contribution is 6.13. The van der Waals surface area contributed by atoms with Crippen molar-refractivity contribution in [2.75, 3.05) is 0 Å². The normalized spacial score (nSPS) is 16.0. The Morgan fingerprint density at radius 3 is 2.41 bits per heavy atom. The Balaban J connectivity index is 2.28. The Bertz CT molecular complexity index is 1250. The lowest BCUT2D eigenvalue weighted by molar-refractivity contribution is -0.00401. The highest BCUT2D eigenvalue weighted by Gasteiger charge is 2.47. The summed E-state index contributed by atoms with van der Waals surface area (Å²) in [5.74, 6) is -5.63. The lowest BCUT2D eigenvalue weighted by atomic mass is 10.0. The molecule has 0 atom stereocenters. The first kappa shape index (κ1) is 17.3. The molecule has 27 heavy (non-hydrogen) atoms. The summed E-state index contributed by atoms with van der Waals surface area (Å²) in [4.78, 5) is 37.6. The number of benzene rings is 1. The van der Waals surface area contributed by atoms with E-state index in [-0.39, 0.29) is 28.7 Å². The molecule has 0 spiro atoms. The number of halogens is 3. The smallest absolute Gasteiger partial charge is 0.331 e. The number of fused-ring (bicyclic) bond motifs is 3. The zero-order valence-corrected chi connectivity index (χ0v) is 14.4. The highest BCUT2D eigenvalue weighted by atomic mass is 19.3. The molecule has 3 aromatic rings. The number of hydrogen-bond acceptors (Lipinski definition) is 3. The van der Waals surface area contributed by atoms with Crippen molar-refractivity contribution in [1.29, 1.82) is 0 Å². The zero-order valence-electron chi connectivity index (χ0n) is 14.4. The first-order valence-corrected chi connectivity index (χ1v) is 8.16. The minimum absolute atomic E-state index is 0.0637. The van der Waals surface area contributed by atoms with Gasteiger partial charge >= 0.3 is 11.6 Å². The SMILES string of the molecule is Cn1c(=O)c2c(-c3cccc(F)c3)n3c(c2n(C)c1=O)C(=O)C(F)(F)CC3. The second kappa shape index (κ2) is 5.45. The molecular formula is C18H14F3N3O3. The minimum Gasteiger partial charge on any atom is -0.335 e. The van der Waals surface area contributed by atoms with E-state index in [2.05, 4.69) is 0 Å². The minimum atomic E-state index is -3.60. The summed E-state index contributed by atoms with van der Waals surface area (Å²) >= 11 is 0. The number of hydrogen-bond donors (Lipinski definition) is 0. The Morgan fingerprint density at radius 1 is 1.04 bits per heavy atom.